The van der Waals surface area contributed by atoms with Crippen LogP contribution in [0.5, 0.6) is 5.75 Å². The molecule has 4 amide bonds. The van der Waals surface area contributed by atoms with Gasteiger partial charge in [0, 0.05) is 32.3 Å². The number of hydrogen-bond acceptors (Lipinski definition) is 8. The molecule has 10 nitrogen and oxygen atoms in total. The van der Waals surface area contributed by atoms with Crippen molar-refractivity contribution >= 4 is 23.6 Å². The number of fused-ring (bicyclic) bond motifs is 1. The second-order valence-electron chi connectivity index (χ2n) is 9.71. The number of carbonyl (C=O) groups excluding carboxylic acids is 4. The number of imide groups is 2. The van der Waals surface area contributed by atoms with Gasteiger partial charge in [-0.2, -0.15) is 0 Å². The van der Waals surface area contributed by atoms with Crippen LogP contribution >= 0.6 is 0 Å². The van der Waals surface area contributed by atoms with Crippen LogP contribution in [-0.4, -0.2) is 91.0 Å². The predicted molar refractivity (Wildman–Crippen MR) is 130 cm³/mol. The summed E-state index contributed by atoms with van der Waals surface area (Å²) >= 11 is 0. The van der Waals surface area contributed by atoms with Crippen molar-refractivity contribution in [2.45, 2.75) is 50.4 Å². The van der Waals surface area contributed by atoms with Gasteiger partial charge < -0.3 is 19.7 Å². The SMILES string of the molecule is O=C1C=CC(N2C(=O)c3ccc(OCCCCCN4CCC(OC5CNC5)CC4)cc3C2=O)C(=O)N1. The Kier molecular flexibility index (Phi) is 7.45. The molecule has 0 aromatic heterocycles. The summed E-state index contributed by atoms with van der Waals surface area (Å²) in [5.41, 5.74) is 0.431. The van der Waals surface area contributed by atoms with E-state index in [1.54, 1.807) is 18.2 Å². The molecule has 1 unspecified atom stereocenters. The molecule has 5 rings (SSSR count). The van der Waals surface area contributed by atoms with Crippen LogP contribution < -0.4 is 15.4 Å². The van der Waals surface area contributed by atoms with Gasteiger partial charge in [-0.05, 0) is 62.9 Å². The fraction of sp³-hybridized carbons (Fsp3) is 0.538. The zero-order chi connectivity index (χ0) is 25.1. The molecule has 0 radical (unpaired) electrons. The normalized spacial score (nSPS) is 23.1. The maximum absolute atomic E-state index is 12.9. The largest absolute Gasteiger partial charge is 0.494 e. The number of piperidine rings is 1. The van der Waals surface area contributed by atoms with E-state index in [0.717, 1.165) is 75.8 Å². The minimum atomic E-state index is -1.14. The molecule has 4 aliphatic rings. The highest BCUT2D eigenvalue weighted by Gasteiger charge is 2.43. The molecule has 4 heterocycles. The number of carbonyl (C=O) groups is 4. The van der Waals surface area contributed by atoms with Crippen LogP contribution in [0.1, 0.15) is 52.8 Å². The summed E-state index contributed by atoms with van der Waals surface area (Å²) < 4.78 is 11.9. The molecule has 2 fully saturated rings. The Morgan fingerprint density at radius 1 is 0.917 bits per heavy atom. The first-order valence-corrected chi connectivity index (χ1v) is 12.8. The Bertz CT molecular complexity index is 1060. The highest BCUT2D eigenvalue weighted by atomic mass is 16.5. The second kappa shape index (κ2) is 10.9. The highest BCUT2D eigenvalue weighted by Crippen LogP contribution is 2.29. The number of rotatable bonds is 10. The van der Waals surface area contributed by atoms with Crippen LogP contribution in [0.4, 0.5) is 0 Å². The standard InChI is InChI=1S/C26H32N4O6/c31-23-7-6-22(24(32)28-23)30-25(33)20-5-4-18(14-21(20)26(30)34)35-13-3-1-2-10-29-11-8-17(9-12-29)36-19-15-27-16-19/h4-7,14,17,19,22,27H,1-3,8-13,15-16H2,(H,28,31,32). The number of likely N-dealkylation sites (tertiary alicyclic amines) is 1. The van der Waals surface area contributed by atoms with Gasteiger partial charge in [0.05, 0.1) is 29.9 Å². The molecule has 1 aromatic carbocycles. The van der Waals surface area contributed by atoms with Gasteiger partial charge in [0.1, 0.15) is 11.8 Å². The zero-order valence-corrected chi connectivity index (χ0v) is 20.2. The van der Waals surface area contributed by atoms with Crippen LogP contribution in [0, 0.1) is 0 Å². The number of hydrogen-bond donors (Lipinski definition) is 2. The first-order chi connectivity index (χ1) is 17.5. The first-order valence-electron chi connectivity index (χ1n) is 12.8. The Hall–Kier alpha value is -3.08. The Morgan fingerprint density at radius 3 is 2.42 bits per heavy atom. The van der Waals surface area contributed by atoms with Gasteiger partial charge >= 0.3 is 0 Å². The van der Waals surface area contributed by atoms with E-state index in [2.05, 4.69) is 15.5 Å². The van der Waals surface area contributed by atoms with Gasteiger partial charge in [-0.3, -0.25) is 29.4 Å². The lowest BCUT2D eigenvalue weighted by Crippen LogP contribution is -2.51. The summed E-state index contributed by atoms with van der Waals surface area (Å²) in [4.78, 5) is 52.5. The van der Waals surface area contributed by atoms with Gasteiger partial charge in [-0.1, -0.05) is 0 Å². The quantitative estimate of drug-likeness (QED) is 0.362. The molecule has 1 aromatic rings. The molecular formula is C26H32N4O6. The lowest BCUT2D eigenvalue weighted by atomic mass is 10.1. The van der Waals surface area contributed by atoms with Crippen molar-refractivity contribution in [1.29, 1.82) is 0 Å². The van der Waals surface area contributed by atoms with Crippen molar-refractivity contribution < 1.29 is 28.7 Å². The van der Waals surface area contributed by atoms with E-state index in [4.69, 9.17) is 9.47 Å². The van der Waals surface area contributed by atoms with Crippen LogP contribution in [0.15, 0.2) is 30.4 Å². The van der Waals surface area contributed by atoms with Crippen molar-refractivity contribution in [3.63, 3.8) is 0 Å². The Labute approximate surface area is 210 Å². The topological polar surface area (TPSA) is 117 Å². The Morgan fingerprint density at radius 2 is 1.69 bits per heavy atom. The molecule has 2 saturated heterocycles. The van der Waals surface area contributed by atoms with E-state index in [-0.39, 0.29) is 11.1 Å². The van der Waals surface area contributed by atoms with E-state index in [0.29, 0.717) is 24.6 Å². The number of nitrogens with one attached hydrogen (secondary N) is 2. The third-order valence-electron chi connectivity index (χ3n) is 7.16. The van der Waals surface area contributed by atoms with E-state index in [1.165, 1.54) is 6.08 Å². The van der Waals surface area contributed by atoms with Gasteiger partial charge in [-0.25, -0.2) is 0 Å². The van der Waals surface area contributed by atoms with Crippen LogP contribution in [-0.2, 0) is 14.3 Å². The minimum Gasteiger partial charge on any atom is -0.494 e. The molecule has 4 aliphatic heterocycles. The average molecular weight is 497 g/mol. The molecule has 0 aliphatic carbocycles. The first kappa shape index (κ1) is 24.6. The molecule has 192 valence electrons. The molecule has 0 saturated carbocycles. The summed E-state index contributed by atoms with van der Waals surface area (Å²) in [5.74, 6) is -1.88. The van der Waals surface area contributed by atoms with Gasteiger partial charge in [0.15, 0.2) is 0 Å². The van der Waals surface area contributed by atoms with Crippen molar-refractivity contribution in [3.8, 4) is 5.75 Å². The van der Waals surface area contributed by atoms with E-state index in [9.17, 15) is 19.2 Å². The van der Waals surface area contributed by atoms with Crippen LogP contribution in [0.3, 0.4) is 0 Å². The molecule has 0 spiro atoms. The molecule has 2 N–H and O–H groups in total. The smallest absolute Gasteiger partial charge is 0.262 e. The number of benzene rings is 1. The maximum atomic E-state index is 12.9. The summed E-state index contributed by atoms with van der Waals surface area (Å²) in [5, 5.41) is 5.36. The van der Waals surface area contributed by atoms with Gasteiger partial charge in [0.25, 0.3) is 17.7 Å². The molecule has 0 bridgehead atoms. The van der Waals surface area contributed by atoms with Crippen molar-refractivity contribution in [2.24, 2.45) is 0 Å². The van der Waals surface area contributed by atoms with Gasteiger partial charge in [-0.15, -0.1) is 0 Å². The number of amides is 4. The predicted octanol–water partition coefficient (Wildman–Crippen LogP) is 0.866. The summed E-state index contributed by atoms with van der Waals surface area (Å²) in [6, 6.07) is 3.63. The maximum Gasteiger partial charge on any atom is 0.262 e. The third-order valence-corrected chi connectivity index (χ3v) is 7.16. The second-order valence-corrected chi connectivity index (χ2v) is 9.71. The summed E-state index contributed by atoms with van der Waals surface area (Å²) in [6.07, 6.45) is 8.49. The molecule has 36 heavy (non-hydrogen) atoms. The Balaban J connectivity index is 1.03. The van der Waals surface area contributed by atoms with E-state index < -0.39 is 29.7 Å². The van der Waals surface area contributed by atoms with Crippen LogP contribution in [0.2, 0.25) is 0 Å². The molecular weight excluding hydrogens is 464 g/mol. The zero-order valence-electron chi connectivity index (χ0n) is 20.2. The van der Waals surface area contributed by atoms with Gasteiger partial charge in [0.2, 0.25) is 5.91 Å². The average Bonchev–Trinajstić information content (AvgIpc) is 3.09. The fourth-order valence-electron chi connectivity index (χ4n) is 4.99. The van der Waals surface area contributed by atoms with Crippen molar-refractivity contribution in [1.82, 2.24) is 20.4 Å². The number of unbranched alkanes of at least 4 members (excludes halogenated alkanes) is 2. The minimum absolute atomic E-state index is 0.205. The van der Waals surface area contributed by atoms with Crippen molar-refractivity contribution in [3.05, 3.63) is 41.5 Å². The summed E-state index contributed by atoms with van der Waals surface area (Å²) in [7, 11) is 0. The highest BCUT2D eigenvalue weighted by molar-refractivity contribution is 6.24. The lowest BCUT2D eigenvalue weighted by molar-refractivity contribution is -0.130. The summed E-state index contributed by atoms with van der Waals surface area (Å²) in [6.45, 7) is 5.76. The van der Waals surface area contributed by atoms with Crippen LogP contribution in [0.25, 0.3) is 0 Å². The van der Waals surface area contributed by atoms with E-state index >= 15 is 0 Å². The molecule has 1 atom stereocenters. The monoisotopic (exact) mass is 496 g/mol. The van der Waals surface area contributed by atoms with Crippen molar-refractivity contribution in [2.75, 3.05) is 39.3 Å². The third kappa shape index (κ3) is 5.35. The fourth-order valence-corrected chi connectivity index (χ4v) is 4.99. The molecule has 10 heteroatoms. The van der Waals surface area contributed by atoms with E-state index in [1.807, 2.05) is 0 Å². The lowest BCUT2D eigenvalue weighted by Gasteiger charge is -2.36. The number of ether oxygens (including phenoxy) is 2. The number of nitrogens with zero attached hydrogens (tertiary/aromatic N) is 2.